The van der Waals surface area contributed by atoms with Crippen LogP contribution >= 0.6 is 24.8 Å². The third kappa shape index (κ3) is 39.4. The summed E-state index contributed by atoms with van der Waals surface area (Å²) in [5, 5.41) is 6.20. The molecule has 0 aliphatic carbocycles. The second kappa shape index (κ2) is 40.4. The molecule has 0 aromatic heterocycles. The first-order valence-electron chi connectivity index (χ1n) is 19.0. The van der Waals surface area contributed by atoms with Crippen molar-refractivity contribution in [3.63, 3.8) is 0 Å². The highest BCUT2D eigenvalue weighted by molar-refractivity contribution is 5.85. The predicted octanol–water partition coefficient (Wildman–Crippen LogP) is 9.88. The number of rotatable bonds is 34. The summed E-state index contributed by atoms with van der Waals surface area (Å²) in [6, 6.07) is 0. The summed E-state index contributed by atoms with van der Waals surface area (Å²) in [7, 11) is 4.34. The molecular weight excluding hydrogens is 615 g/mol. The van der Waals surface area contributed by atoms with E-state index in [4.69, 9.17) is 0 Å². The zero-order valence-corrected chi connectivity index (χ0v) is 32.5. The Kier molecular flexibility index (Phi) is 43.5. The second-order valence-electron chi connectivity index (χ2n) is 13.2. The van der Waals surface area contributed by atoms with Crippen molar-refractivity contribution in [1.82, 2.24) is 20.4 Å². The smallest absolute Gasteiger partial charge is 0.219 e. The minimum Gasteiger partial charge on any atom is -0.356 e. The van der Waals surface area contributed by atoms with Crippen molar-refractivity contribution in [3.8, 4) is 0 Å². The molecule has 0 aromatic carbocycles. The van der Waals surface area contributed by atoms with Crippen LogP contribution in [0.2, 0.25) is 0 Å². The maximum Gasteiger partial charge on any atom is 0.219 e. The maximum atomic E-state index is 12.1. The first-order valence-corrected chi connectivity index (χ1v) is 19.0. The quantitative estimate of drug-likeness (QED) is 0.0520. The Balaban J connectivity index is -0.00000924. The van der Waals surface area contributed by atoms with E-state index >= 15 is 0 Å². The Morgan fingerprint density at radius 1 is 0.478 bits per heavy atom. The number of amides is 2. The summed E-state index contributed by atoms with van der Waals surface area (Å²) in [5.41, 5.74) is 0. The van der Waals surface area contributed by atoms with Gasteiger partial charge in [0.1, 0.15) is 0 Å². The van der Waals surface area contributed by atoms with Crippen LogP contribution in [0, 0.1) is 0 Å². The lowest BCUT2D eigenvalue weighted by Crippen LogP contribution is -2.28. The van der Waals surface area contributed by atoms with Gasteiger partial charge in [0.05, 0.1) is 0 Å². The van der Waals surface area contributed by atoms with Crippen LogP contribution in [0.4, 0.5) is 0 Å². The zero-order chi connectivity index (χ0) is 32.4. The van der Waals surface area contributed by atoms with Gasteiger partial charge in [-0.15, -0.1) is 24.8 Å². The fraction of sp³-hybridized carbons (Fsp3) is 0.895. The summed E-state index contributed by atoms with van der Waals surface area (Å²) in [5.74, 6) is 0.444. The van der Waals surface area contributed by atoms with E-state index in [0.29, 0.717) is 12.8 Å². The lowest BCUT2D eigenvalue weighted by molar-refractivity contribution is -0.122. The van der Waals surface area contributed by atoms with Crippen molar-refractivity contribution >= 4 is 36.6 Å². The molecule has 0 aromatic rings. The molecule has 6 nitrogen and oxygen atoms in total. The fourth-order valence-corrected chi connectivity index (χ4v) is 5.55. The molecule has 0 heterocycles. The molecule has 0 saturated heterocycles. The van der Waals surface area contributed by atoms with Crippen molar-refractivity contribution < 1.29 is 9.59 Å². The number of carbonyl (C=O) groups excluding carboxylic acids is 2. The summed E-state index contributed by atoms with van der Waals surface area (Å²) < 4.78 is 0. The highest BCUT2D eigenvalue weighted by Gasteiger charge is 2.03. The van der Waals surface area contributed by atoms with Crippen LogP contribution in [0.25, 0.3) is 0 Å². The Bertz CT molecular complexity index is 667. The Labute approximate surface area is 299 Å². The Morgan fingerprint density at radius 2 is 0.891 bits per heavy atom. The van der Waals surface area contributed by atoms with Gasteiger partial charge in [-0.25, -0.2) is 0 Å². The standard InChI is InChI=1S/C38H76N4O2.2ClH/c1-5-7-9-11-13-15-17-19-22-29-37(43)39-31-24-27-35-41(3)33-25-21-26-34-42(4)36-28-32-40-38(44)30-23-20-18-16-14-12-10-8-6-2;;/h21,25H,5-20,22-24,26-36H2,1-4H3,(H,39,43)(H,40,44);2*1H. The van der Waals surface area contributed by atoms with Crippen molar-refractivity contribution in [1.29, 1.82) is 0 Å². The van der Waals surface area contributed by atoms with Gasteiger partial charge in [0.2, 0.25) is 11.8 Å². The Hall–Kier alpha value is -0.820. The number of nitrogens with one attached hydrogen (secondary N) is 2. The normalized spacial score (nSPS) is 11.2. The molecule has 8 heteroatoms. The summed E-state index contributed by atoms with van der Waals surface area (Å²) in [6.07, 6.45) is 33.4. The fourth-order valence-electron chi connectivity index (χ4n) is 5.55. The largest absolute Gasteiger partial charge is 0.356 e. The molecule has 0 aliphatic rings. The first kappa shape index (κ1) is 49.6. The number of hydrogen-bond acceptors (Lipinski definition) is 4. The molecule has 0 bridgehead atoms. The minimum absolute atomic E-state index is 0. The van der Waals surface area contributed by atoms with E-state index in [1.807, 2.05) is 0 Å². The molecule has 2 amide bonds. The van der Waals surface area contributed by atoms with Gasteiger partial charge in [0.15, 0.2) is 0 Å². The molecule has 0 unspecified atom stereocenters. The summed E-state index contributed by atoms with van der Waals surface area (Å²) in [4.78, 5) is 28.8. The van der Waals surface area contributed by atoms with Gasteiger partial charge in [-0.1, -0.05) is 129 Å². The maximum absolute atomic E-state index is 12.1. The van der Waals surface area contributed by atoms with E-state index in [2.05, 4.69) is 60.5 Å². The molecule has 0 spiro atoms. The van der Waals surface area contributed by atoms with Crippen LogP contribution < -0.4 is 10.6 Å². The number of unbranched alkanes of at least 4 members (excludes halogenated alkanes) is 17. The average molecular weight is 694 g/mol. The lowest BCUT2D eigenvalue weighted by Gasteiger charge is -2.16. The van der Waals surface area contributed by atoms with E-state index in [1.54, 1.807) is 0 Å². The molecular formula is C38H78Cl2N4O2. The predicted molar refractivity (Wildman–Crippen MR) is 207 cm³/mol. The van der Waals surface area contributed by atoms with Gasteiger partial charge in [-0.3, -0.25) is 9.59 Å². The molecule has 0 rings (SSSR count). The number of carbonyl (C=O) groups is 2. The molecule has 0 saturated carbocycles. The van der Waals surface area contributed by atoms with E-state index < -0.39 is 0 Å². The summed E-state index contributed by atoms with van der Waals surface area (Å²) in [6.45, 7) is 10.2. The topological polar surface area (TPSA) is 64.7 Å². The van der Waals surface area contributed by atoms with Gasteiger partial charge < -0.3 is 20.4 Å². The number of nitrogens with zero attached hydrogens (tertiary/aromatic N) is 2. The highest BCUT2D eigenvalue weighted by Crippen LogP contribution is 2.11. The van der Waals surface area contributed by atoms with Crippen molar-refractivity contribution in [2.75, 3.05) is 53.4 Å². The van der Waals surface area contributed by atoms with Crippen LogP contribution in [-0.2, 0) is 9.59 Å². The Morgan fingerprint density at radius 3 is 1.37 bits per heavy atom. The molecule has 0 radical (unpaired) electrons. The molecule has 0 aliphatic heterocycles. The van der Waals surface area contributed by atoms with Gasteiger partial charge in [-0.2, -0.15) is 0 Å². The van der Waals surface area contributed by atoms with Crippen molar-refractivity contribution in [2.24, 2.45) is 0 Å². The number of halogens is 2. The highest BCUT2D eigenvalue weighted by atomic mass is 35.5. The molecule has 2 N–H and O–H groups in total. The number of hydrogen-bond donors (Lipinski definition) is 2. The first-order chi connectivity index (χ1) is 21.5. The summed E-state index contributed by atoms with van der Waals surface area (Å²) >= 11 is 0. The average Bonchev–Trinajstić information content (AvgIpc) is 3.01. The molecule has 46 heavy (non-hydrogen) atoms. The SMILES string of the molecule is CCCCCCCCCCCC(=O)NCCCCN(C)CC=CCCN(C)CCCNC(=O)CCCCCCCCCCC.Cl.Cl. The minimum atomic E-state index is 0. The van der Waals surface area contributed by atoms with Gasteiger partial charge in [-0.05, 0) is 65.7 Å². The van der Waals surface area contributed by atoms with Crippen molar-refractivity contribution in [3.05, 3.63) is 12.2 Å². The molecule has 276 valence electrons. The van der Waals surface area contributed by atoms with Gasteiger partial charge in [0.25, 0.3) is 0 Å². The zero-order valence-electron chi connectivity index (χ0n) is 30.9. The van der Waals surface area contributed by atoms with Crippen LogP contribution in [-0.4, -0.2) is 75.0 Å². The van der Waals surface area contributed by atoms with Crippen LogP contribution in [0.1, 0.15) is 168 Å². The monoisotopic (exact) mass is 693 g/mol. The molecule has 0 fully saturated rings. The molecule has 0 atom stereocenters. The third-order valence-corrected chi connectivity index (χ3v) is 8.60. The van der Waals surface area contributed by atoms with E-state index in [1.165, 1.54) is 103 Å². The van der Waals surface area contributed by atoms with Crippen LogP contribution in [0.5, 0.6) is 0 Å². The third-order valence-electron chi connectivity index (χ3n) is 8.60. The van der Waals surface area contributed by atoms with Crippen LogP contribution in [0.15, 0.2) is 12.2 Å². The van der Waals surface area contributed by atoms with E-state index in [9.17, 15) is 9.59 Å². The van der Waals surface area contributed by atoms with E-state index in [0.717, 1.165) is 77.8 Å². The number of likely N-dealkylation sites (N-methyl/N-ethyl adjacent to an activating group) is 1. The van der Waals surface area contributed by atoms with Gasteiger partial charge >= 0.3 is 0 Å². The van der Waals surface area contributed by atoms with Crippen molar-refractivity contribution in [2.45, 2.75) is 168 Å². The second-order valence-corrected chi connectivity index (χ2v) is 13.2. The van der Waals surface area contributed by atoms with Crippen LogP contribution in [0.3, 0.4) is 0 Å². The lowest BCUT2D eigenvalue weighted by atomic mass is 10.1. The van der Waals surface area contributed by atoms with E-state index in [-0.39, 0.29) is 36.6 Å². The van der Waals surface area contributed by atoms with Gasteiger partial charge in [0, 0.05) is 39.0 Å².